The maximum atomic E-state index is 13.7. The first kappa shape index (κ1) is 30.7. The van der Waals surface area contributed by atoms with Gasteiger partial charge in [-0.15, -0.1) is 0 Å². The summed E-state index contributed by atoms with van der Waals surface area (Å²) in [5.74, 6) is 0. The Labute approximate surface area is 240 Å². The molecular weight excluding hydrogens is 498 g/mol. The van der Waals surface area contributed by atoms with Crippen molar-refractivity contribution in [1.29, 1.82) is 0 Å². The Morgan fingerprint density at radius 3 is 2.20 bits per heavy atom. The van der Waals surface area contributed by atoms with Crippen molar-refractivity contribution in [2.75, 3.05) is 18.4 Å². The summed E-state index contributed by atoms with van der Waals surface area (Å²) >= 11 is 0. The minimum absolute atomic E-state index is 0.00779. The molecule has 0 atom stereocenters. The van der Waals surface area contributed by atoms with Crippen LogP contribution in [0.1, 0.15) is 70.1 Å². The number of rotatable bonds is 10. The predicted octanol–water partition coefficient (Wildman–Crippen LogP) is 8.22. The van der Waals surface area contributed by atoms with E-state index in [1.165, 1.54) is 5.56 Å². The number of nitrogens with zero attached hydrogens (tertiary/aromatic N) is 2. The van der Waals surface area contributed by atoms with Crippen LogP contribution >= 0.6 is 0 Å². The normalized spacial score (nSPS) is 14.4. The third-order valence-electron chi connectivity index (χ3n) is 7.00. The lowest BCUT2D eigenvalue weighted by Gasteiger charge is -2.39. The van der Waals surface area contributed by atoms with E-state index in [2.05, 4.69) is 37.5 Å². The molecule has 0 saturated carbocycles. The zero-order chi connectivity index (χ0) is 29.1. The van der Waals surface area contributed by atoms with Crippen molar-refractivity contribution in [3.05, 3.63) is 96.6 Å². The molecule has 40 heavy (non-hydrogen) atoms. The third kappa shape index (κ3) is 9.15. The zero-order valence-electron chi connectivity index (χ0n) is 24.6. The number of benzene rings is 2. The molecule has 1 aliphatic rings. The van der Waals surface area contributed by atoms with Gasteiger partial charge in [-0.1, -0.05) is 81.1 Å². The van der Waals surface area contributed by atoms with Gasteiger partial charge in [0, 0.05) is 31.4 Å². The number of carbonyl (C=O) groups excluding carboxylic acids is 2. The van der Waals surface area contributed by atoms with Gasteiger partial charge in [0.2, 0.25) is 0 Å². The van der Waals surface area contributed by atoms with E-state index < -0.39 is 5.60 Å². The highest BCUT2D eigenvalue weighted by atomic mass is 16.6. The van der Waals surface area contributed by atoms with Crippen molar-refractivity contribution in [1.82, 2.24) is 9.80 Å². The summed E-state index contributed by atoms with van der Waals surface area (Å²) in [5, 5.41) is 3.11. The molecule has 0 bridgehead atoms. The van der Waals surface area contributed by atoms with Crippen molar-refractivity contribution in [3.63, 3.8) is 0 Å². The van der Waals surface area contributed by atoms with E-state index in [0.29, 0.717) is 32.5 Å². The van der Waals surface area contributed by atoms with Gasteiger partial charge in [-0.25, -0.2) is 9.59 Å². The minimum Gasteiger partial charge on any atom is -0.444 e. The Balaban J connectivity index is 1.76. The van der Waals surface area contributed by atoms with Gasteiger partial charge in [-0.05, 0) is 80.9 Å². The van der Waals surface area contributed by atoms with Crippen LogP contribution in [0.3, 0.4) is 0 Å². The third-order valence-corrected chi connectivity index (χ3v) is 7.00. The smallest absolute Gasteiger partial charge is 0.410 e. The van der Waals surface area contributed by atoms with E-state index >= 15 is 0 Å². The van der Waals surface area contributed by atoms with Gasteiger partial charge in [-0.2, -0.15) is 0 Å². The largest absolute Gasteiger partial charge is 0.444 e. The van der Waals surface area contributed by atoms with Crippen LogP contribution in [0.25, 0.3) is 5.57 Å². The molecule has 2 aromatic rings. The molecule has 6 heteroatoms. The second kappa shape index (κ2) is 14.5. The fourth-order valence-electron chi connectivity index (χ4n) is 4.79. The van der Waals surface area contributed by atoms with E-state index in [-0.39, 0.29) is 18.2 Å². The first-order valence-corrected chi connectivity index (χ1v) is 14.3. The van der Waals surface area contributed by atoms with Gasteiger partial charge in [0.15, 0.2) is 0 Å². The standard InChI is InChI=1S/C34H45N3O3/c1-7-10-12-26-15-19-30(20-16-26)35-32(38)37(25-27-13-17-29(18-14-27)28(9-3)11-8-2)31-21-23-36(24-22-31)33(39)40-34(4,5)6/h8-9,11,13-20,31H,2-3,7,10,12,21-25H2,1,4-6H3,(H,35,38)/b28-11+. The number of piperidine rings is 1. The van der Waals surface area contributed by atoms with Crippen molar-refractivity contribution < 1.29 is 14.3 Å². The molecule has 0 aromatic heterocycles. The van der Waals surface area contributed by atoms with Crippen molar-refractivity contribution >= 4 is 23.4 Å². The number of nitrogens with one attached hydrogen (secondary N) is 1. The highest BCUT2D eigenvalue weighted by molar-refractivity contribution is 5.89. The van der Waals surface area contributed by atoms with Gasteiger partial charge in [-0.3, -0.25) is 0 Å². The molecule has 0 spiro atoms. The topological polar surface area (TPSA) is 61.9 Å². The van der Waals surface area contributed by atoms with Crippen LogP contribution in [0.4, 0.5) is 15.3 Å². The lowest BCUT2D eigenvalue weighted by Crippen LogP contribution is -2.50. The predicted molar refractivity (Wildman–Crippen MR) is 165 cm³/mol. The first-order valence-electron chi connectivity index (χ1n) is 14.3. The van der Waals surface area contributed by atoms with E-state index in [1.54, 1.807) is 11.0 Å². The molecule has 0 aliphatic carbocycles. The first-order chi connectivity index (χ1) is 19.1. The lowest BCUT2D eigenvalue weighted by atomic mass is 10.0. The fourth-order valence-corrected chi connectivity index (χ4v) is 4.79. The van der Waals surface area contributed by atoms with Crippen LogP contribution in [-0.2, 0) is 17.7 Å². The molecule has 1 aliphatic heterocycles. The number of allylic oxidation sites excluding steroid dienone is 4. The van der Waals surface area contributed by atoms with Gasteiger partial charge in [0.1, 0.15) is 5.60 Å². The number of urea groups is 1. The SMILES string of the molecule is C=C/C=C(\C=C)c1ccc(CN(C(=O)Nc2ccc(CCCC)cc2)C2CCN(C(=O)OC(C)(C)C)CC2)cc1. The molecule has 1 N–H and O–H groups in total. The van der Waals surface area contributed by atoms with Gasteiger partial charge in [0.25, 0.3) is 0 Å². The second-order valence-electron chi connectivity index (χ2n) is 11.3. The molecule has 0 unspecified atom stereocenters. The Bertz CT molecular complexity index is 1170. The van der Waals surface area contributed by atoms with E-state index in [1.807, 2.05) is 74.2 Å². The fraction of sp³-hybridized carbons (Fsp3) is 0.412. The van der Waals surface area contributed by atoms with E-state index in [0.717, 1.165) is 41.6 Å². The van der Waals surface area contributed by atoms with Gasteiger partial charge < -0.3 is 19.9 Å². The molecular formula is C34H45N3O3. The van der Waals surface area contributed by atoms with Crippen molar-refractivity contribution in [3.8, 4) is 0 Å². The number of ether oxygens (including phenoxy) is 1. The van der Waals surface area contributed by atoms with Gasteiger partial charge in [0.05, 0.1) is 0 Å². The molecule has 3 amide bonds. The van der Waals surface area contributed by atoms with Crippen LogP contribution < -0.4 is 5.32 Å². The summed E-state index contributed by atoms with van der Waals surface area (Å²) in [6.07, 6.45) is 9.89. The molecule has 0 radical (unpaired) electrons. The number of amides is 3. The van der Waals surface area contributed by atoms with Crippen LogP contribution in [0.2, 0.25) is 0 Å². The highest BCUT2D eigenvalue weighted by Crippen LogP contribution is 2.24. The number of hydrogen-bond acceptors (Lipinski definition) is 3. The average molecular weight is 544 g/mol. The molecule has 6 nitrogen and oxygen atoms in total. The number of anilines is 1. The quantitative estimate of drug-likeness (QED) is 0.307. The number of unbranched alkanes of at least 4 members (excludes halogenated alkanes) is 1. The van der Waals surface area contributed by atoms with Crippen LogP contribution in [0.15, 0.2) is 79.9 Å². The molecule has 1 heterocycles. The zero-order valence-corrected chi connectivity index (χ0v) is 24.6. The number of aryl methyl sites for hydroxylation is 1. The Morgan fingerprint density at radius 1 is 1.02 bits per heavy atom. The van der Waals surface area contributed by atoms with Gasteiger partial charge >= 0.3 is 12.1 Å². The number of likely N-dealkylation sites (tertiary alicyclic amines) is 1. The Hall–Kier alpha value is -3.80. The maximum absolute atomic E-state index is 13.7. The van der Waals surface area contributed by atoms with Crippen molar-refractivity contribution in [2.45, 2.75) is 78.0 Å². The average Bonchev–Trinajstić information content (AvgIpc) is 2.94. The molecule has 1 saturated heterocycles. The Morgan fingerprint density at radius 2 is 1.65 bits per heavy atom. The summed E-state index contributed by atoms with van der Waals surface area (Å²) in [5.41, 5.74) is 4.59. The number of hydrogen-bond donors (Lipinski definition) is 1. The minimum atomic E-state index is -0.537. The monoisotopic (exact) mass is 543 g/mol. The van der Waals surface area contributed by atoms with Crippen LogP contribution in [0.5, 0.6) is 0 Å². The number of carbonyl (C=O) groups is 2. The van der Waals surface area contributed by atoms with Crippen LogP contribution in [-0.4, -0.2) is 46.7 Å². The summed E-state index contributed by atoms with van der Waals surface area (Å²) in [7, 11) is 0. The maximum Gasteiger partial charge on any atom is 0.410 e. The summed E-state index contributed by atoms with van der Waals surface area (Å²) in [6, 6.07) is 16.2. The summed E-state index contributed by atoms with van der Waals surface area (Å²) in [4.78, 5) is 29.9. The molecule has 1 fully saturated rings. The van der Waals surface area contributed by atoms with E-state index in [9.17, 15) is 9.59 Å². The van der Waals surface area contributed by atoms with Crippen LogP contribution in [0, 0.1) is 0 Å². The summed E-state index contributed by atoms with van der Waals surface area (Å²) < 4.78 is 5.56. The van der Waals surface area contributed by atoms with E-state index in [4.69, 9.17) is 4.74 Å². The second-order valence-corrected chi connectivity index (χ2v) is 11.3. The highest BCUT2D eigenvalue weighted by Gasteiger charge is 2.31. The summed E-state index contributed by atoms with van der Waals surface area (Å²) in [6.45, 7) is 17.0. The molecule has 3 rings (SSSR count). The molecule has 2 aromatic carbocycles. The Kier molecular flexibility index (Phi) is 11.2. The molecule has 214 valence electrons. The van der Waals surface area contributed by atoms with Crippen molar-refractivity contribution in [2.24, 2.45) is 0 Å². The lowest BCUT2D eigenvalue weighted by molar-refractivity contribution is 0.0164.